The number of hydrogen-bond acceptors (Lipinski definition) is 8. The number of phosphoric ester groups is 1. The Labute approximate surface area is 581 Å². The Morgan fingerprint density at radius 3 is 0.811 bits per heavy atom. The van der Waals surface area contributed by atoms with E-state index < -0.39 is 32.5 Å². The van der Waals surface area contributed by atoms with Gasteiger partial charge in [0.05, 0.1) is 13.2 Å². The molecule has 0 aromatic carbocycles. The summed E-state index contributed by atoms with van der Waals surface area (Å²) < 4.78 is 33.2. The fourth-order valence-electron chi connectivity index (χ4n) is 9.19. The number of ether oxygens (including phenoxy) is 2. The molecule has 0 spiro atoms. The summed E-state index contributed by atoms with van der Waals surface area (Å²) >= 11 is 0. The lowest BCUT2D eigenvalue weighted by atomic mass is 10.0. The van der Waals surface area contributed by atoms with Crippen molar-refractivity contribution in [3.8, 4) is 0 Å². The van der Waals surface area contributed by atoms with Gasteiger partial charge in [-0.3, -0.25) is 18.6 Å². The van der Waals surface area contributed by atoms with E-state index >= 15 is 0 Å². The fraction of sp³-hybridized carbons (Fsp3) is 0.529. The standard InChI is InChI=1S/C85H132NO8P/c1-3-5-7-9-11-13-15-17-19-21-23-25-27-29-31-33-35-37-39-40-41-42-44-45-47-49-51-53-55-57-59-61-63-65-67-69-71-73-75-77-84(87)91-81-83(82-93-95(89,90)92-80-79-86)94-85(88)78-76-74-72-70-68-66-64-62-60-58-56-54-52-50-48-46-43-38-36-34-32-30-28-26-24-22-20-18-16-14-12-10-8-6-4-2/h5-8,11-14,17-20,23-26,29-32,35-38,40-41,44-46,48-49,51-52,54,58,60,64,66,83H,3-4,9-10,15-16,21-22,27-28,33-34,39,42-43,47,50,53,55-57,59,61-63,65,67-82,86H2,1-2H3,(H,89,90)/b7-5-,8-6-,13-11-,14-12-,19-17-,20-18-,25-23-,26-24-,31-29-,32-30-,37-35-,38-36-,41-40-,45-44-,48-46-,51-49-,54-52-,60-58-,66-64-. The van der Waals surface area contributed by atoms with E-state index in [1.807, 2.05) is 0 Å². The lowest BCUT2D eigenvalue weighted by Gasteiger charge is -2.19. The van der Waals surface area contributed by atoms with Crippen LogP contribution in [0.25, 0.3) is 0 Å². The van der Waals surface area contributed by atoms with Crippen molar-refractivity contribution in [3.05, 3.63) is 231 Å². The Hall–Kier alpha value is -5.93. The van der Waals surface area contributed by atoms with Gasteiger partial charge < -0.3 is 20.1 Å². The van der Waals surface area contributed by atoms with E-state index in [1.54, 1.807) is 0 Å². The molecule has 0 amide bonds. The maximum atomic E-state index is 12.8. The summed E-state index contributed by atoms with van der Waals surface area (Å²) in [6, 6.07) is 0. The molecule has 0 fully saturated rings. The van der Waals surface area contributed by atoms with Crippen molar-refractivity contribution >= 4 is 19.8 Å². The molecule has 0 saturated heterocycles. The molecule has 530 valence electrons. The molecule has 0 aliphatic heterocycles. The molecule has 9 nitrogen and oxygen atoms in total. The molecule has 0 aliphatic carbocycles. The van der Waals surface area contributed by atoms with Crippen LogP contribution in [0.5, 0.6) is 0 Å². The zero-order chi connectivity index (χ0) is 68.6. The van der Waals surface area contributed by atoms with Crippen molar-refractivity contribution in [3.63, 3.8) is 0 Å². The van der Waals surface area contributed by atoms with Crippen LogP contribution in [0.2, 0.25) is 0 Å². The van der Waals surface area contributed by atoms with Crippen molar-refractivity contribution in [2.75, 3.05) is 26.4 Å². The summed E-state index contributed by atoms with van der Waals surface area (Å²) in [4.78, 5) is 35.4. The highest BCUT2D eigenvalue weighted by Crippen LogP contribution is 2.43. The zero-order valence-corrected chi connectivity index (χ0v) is 60.4. The van der Waals surface area contributed by atoms with Crippen LogP contribution in [-0.2, 0) is 32.7 Å². The second-order valence-electron chi connectivity index (χ2n) is 23.3. The zero-order valence-electron chi connectivity index (χ0n) is 59.5. The van der Waals surface area contributed by atoms with Gasteiger partial charge in [0, 0.05) is 19.4 Å². The van der Waals surface area contributed by atoms with Crippen molar-refractivity contribution in [1.82, 2.24) is 0 Å². The first-order valence-corrected chi connectivity index (χ1v) is 38.4. The molecule has 0 bridgehead atoms. The van der Waals surface area contributed by atoms with E-state index in [2.05, 4.69) is 245 Å². The number of unbranched alkanes of at least 4 members (excludes halogenated alkanes) is 15. The molecule has 0 rings (SSSR count). The Balaban J connectivity index is 4.03. The number of carbonyl (C=O) groups excluding carboxylic acids is 2. The van der Waals surface area contributed by atoms with Gasteiger partial charge in [-0.1, -0.05) is 315 Å². The number of phosphoric acid groups is 1. The van der Waals surface area contributed by atoms with Crippen molar-refractivity contribution in [2.45, 2.75) is 264 Å². The average molecular weight is 1330 g/mol. The lowest BCUT2D eigenvalue weighted by molar-refractivity contribution is -0.161. The van der Waals surface area contributed by atoms with E-state index in [-0.39, 0.29) is 32.6 Å². The van der Waals surface area contributed by atoms with E-state index in [0.717, 1.165) is 173 Å². The molecule has 2 atom stereocenters. The quantitative estimate of drug-likeness (QED) is 0.0264. The highest BCUT2D eigenvalue weighted by atomic mass is 31.2. The van der Waals surface area contributed by atoms with Crippen LogP contribution in [0.4, 0.5) is 0 Å². The van der Waals surface area contributed by atoms with Gasteiger partial charge in [-0.15, -0.1) is 0 Å². The van der Waals surface area contributed by atoms with Gasteiger partial charge in [-0.25, -0.2) is 4.57 Å². The van der Waals surface area contributed by atoms with Crippen LogP contribution in [0.1, 0.15) is 258 Å². The van der Waals surface area contributed by atoms with Gasteiger partial charge in [0.1, 0.15) is 6.61 Å². The highest BCUT2D eigenvalue weighted by Gasteiger charge is 2.26. The summed E-state index contributed by atoms with van der Waals surface area (Å²) in [7, 11) is -4.42. The average Bonchev–Trinajstić information content (AvgIpc) is 3.32. The Morgan fingerprint density at radius 2 is 0.547 bits per heavy atom. The minimum Gasteiger partial charge on any atom is -0.462 e. The third kappa shape index (κ3) is 77.0. The normalized spacial score (nSPS) is 14.3. The molecule has 0 aromatic heterocycles. The summed E-state index contributed by atoms with van der Waals surface area (Å²) in [6.07, 6.45) is 121. The summed E-state index contributed by atoms with van der Waals surface area (Å²) in [5.74, 6) is -0.876. The van der Waals surface area contributed by atoms with Crippen molar-refractivity contribution in [1.29, 1.82) is 0 Å². The largest absolute Gasteiger partial charge is 0.472 e. The minimum atomic E-state index is -4.42. The number of hydrogen-bond donors (Lipinski definition) is 2. The summed E-state index contributed by atoms with van der Waals surface area (Å²) in [5, 5.41) is 0. The topological polar surface area (TPSA) is 134 Å². The predicted octanol–water partition coefficient (Wildman–Crippen LogP) is 25.0. The SMILES string of the molecule is CC/C=C\C/C=C\C/C=C\C/C=C\C/C=C\C/C=C\C/C=C\C/C=C\C/C=C\C/C=C\CCCCCCC(=O)OC(COC(=O)CCCCCCCCCCCCC/C=C\C/C=C\C/C=C\C/C=C\C/C=C\C/C=C\C/C=C\C/C=C\C/C=C\CC)COP(=O)(O)OCCN. The lowest BCUT2D eigenvalue weighted by Crippen LogP contribution is -2.29. The molecule has 95 heavy (non-hydrogen) atoms. The number of rotatable bonds is 66. The van der Waals surface area contributed by atoms with E-state index in [0.29, 0.717) is 12.8 Å². The van der Waals surface area contributed by atoms with E-state index in [1.165, 1.54) is 44.9 Å². The molecule has 3 N–H and O–H groups in total. The second-order valence-corrected chi connectivity index (χ2v) is 24.8. The summed E-state index contributed by atoms with van der Waals surface area (Å²) in [6.45, 7) is 3.46. The molecule has 0 saturated carbocycles. The minimum absolute atomic E-state index is 0.0365. The van der Waals surface area contributed by atoms with Gasteiger partial charge in [0.2, 0.25) is 0 Å². The molecule has 0 aliphatic rings. The molecule has 0 radical (unpaired) electrons. The van der Waals surface area contributed by atoms with Crippen LogP contribution in [0.15, 0.2) is 231 Å². The van der Waals surface area contributed by atoms with Gasteiger partial charge in [0.25, 0.3) is 0 Å². The van der Waals surface area contributed by atoms with Gasteiger partial charge in [-0.05, 0) is 161 Å². The molecular weight excluding hydrogens is 1190 g/mol. The van der Waals surface area contributed by atoms with Crippen molar-refractivity contribution < 1.29 is 37.6 Å². The smallest absolute Gasteiger partial charge is 0.462 e. The first kappa shape index (κ1) is 89.1. The summed E-state index contributed by atoms with van der Waals surface area (Å²) in [5.41, 5.74) is 5.40. The van der Waals surface area contributed by atoms with Crippen LogP contribution in [0.3, 0.4) is 0 Å². The maximum Gasteiger partial charge on any atom is 0.472 e. The molecular formula is C85H132NO8P. The Bertz CT molecular complexity index is 2410. The van der Waals surface area contributed by atoms with Crippen LogP contribution in [-0.4, -0.2) is 49.3 Å². The van der Waals surface area contributed by atoms with Crippen LogP contribution >= 0.6 is 7.82 Å². The molecule has 10 heteroatoms. The van der Waals surface area contributed by atoms with Crippen LogP contribution < -0.4 is 5.73 Å². The second kappa shape index (κ2) is 77.1. The molecule has 0 aromatic rings. The number of esters is 2. The predicted molar refractivity (Wildman–Crippen MR) is 412 cm³/mol. The van der Waals surface area contributed by atoms with Crippen molar-refractivity contribution in [2.24, 2.45) is 5.73 Å². The number of nitrogens with two attached hydrogens (primary N) is 1. The number of allylic oxidation sites excluding steroid dienone is 38. The highest BCUT2D eigenvalue weighted by molar-refractivity contribution is 7.47. The number of carbonyl (C=O) groups is 2. The first-order valence-electron chi connectivity index (χ1n) is 36.9. The molecule has 0 heterocycles. The van der Waals surface area contributed by atoms with Gasteiger partial charge in [0.15, 0.2) is 6.10 Å². The Kier molecular flexibility index (Phi) is 72.3. The van der Waals surface area contributed by atoms with Gasteiger partial charge in [-0.2, -0.15) is 0 Å². The first-order chi connectivity index (χ1) is 46.8. The monoisotopic (exact) mass is 1330 g/mol. The third-order valence-electron chi connectivity index (χ3n) is 14.5. The third-order valence-corrected chi connectivity index (χ3v) is 15.5. The van der Waals surface area contributed by atoms with Gasteiger partial charge >= 0.3 is 19.8 Å². The molecule has 2 unspecified atom stereocenters. The fourth-order valence-corrected chi connectivity index (χ4v) is 9.95. The maximum absolute atomic E-state index is 12.8. The van der Waals surface area contributed by atoms with Crippen LogP contribution in [0, 0.1) is 0 Å². The van der Waals surface area contributed by atoms with E-state index in [9.17, 15) is 19.0 Å². The van der Waals surface area contributed by atoms with E-state index in [4.69, 9.17) is 24.3 Å². The Morgan fingerprint density at radius 1 is 0.316 bits per heavy atom.